The molecule has 0 amide bonds. The van der Waals surface area contributed by atoms with Gasteiger partial charge in [-0.1, -0.05) is 40.9 Å². The van der Waals surface area contributed by atoms with Gasteiger partial charge in [-0.25, -0.2) is 4.39 Å². The fourth-order valence-electron chi connectivity index (χ4n) is 1.46. The van der Waals surface area contributed by atoms with Crippen LogP contribution in [0.4, 0.5) is 21.5 Å². The van der Waals surface area contributed by atoms with Gasteiger partial charge < -0.3 is 11.1 Å². The third-order valence-corrected chi connectivity index (χ3v) is 3.21. The molecule has 18 heavy (non-hydrogen) atoms. The number of benzene rings is 2. The Kier molecular flexibility index (Phi) is 3.85. The molecule has 0 aromatic heterocycles. The van der Waals surface area contributed by atoms with Crippen LogP contribution < -0.4 is 11.1 Å². The lowest BCUT2D eigenvalue weighted by Gasteiger charge is -2.13. The van der Waals surface area contributed by atoms with Crippen LogP contribution in [0.1, 0.15) is 0 Å². The van der Waals surface area contributed by atoms with E-state index in [1.54, 1.807) is 18.2 Å². The Morgan fingerprint density at radius 2 is 1.56 bits per heavy atom. The number of rotatable bonds is 2. The van der Waals surface area contributed by atoms with Crippen LogP contribution >= 0.6 is 34.8 Å². The molecule has 0 aliphatic carbocycles. The van der Waals surface area contributed by atoms with Gasteiger partial charge in [0.2, 0.25) is 0 Å². The van der Waals surface area contributed by atoms with E-state index in [0.717, 1.165) is 12.1 Å². The Hall–Kier alpha value is -1.16. The predicted molar refractivity (Wildman–Crippen MR) is 75.6 cm³/mol. The second-order valence-corrected chi connectivity index (χ2v) is 4.80. The quantitative estimate of drug-likeness (QED) is 0.756. The van der Waals surface area contributed by atoms with Crippen molar-refractivity contribution in [1.82, 2.24) is 0 Å². The molecule has 0 aliphatic rings. The summed E-state index contributed by atoms with van der Waals surface area (Å²) in [5.41, 5.74) is 7.08. The Morgan fingerprint density at radius 3 is 2.11 bits per heavy atom. The topological polar surface area (TPSA) is 38.0 Å². The van der Waals surface area contributed by atoms with Crippen molar-refractivity contribution in [3.8, 4) is 0 Å². The van der Waals surface area contributed by atoms with E-state index in [9.17, 15) is 4.39 Å². The van der Waals surface area contributed by atoms with Crippen LogP contribution in [-0.2, 0) is 0 Å². The smallest absolute Gasteiger partial charge is 0.126 e. The number of nitrogen functional groups attached to an aromatic ring is 1. The van der Waals surface area contributed by atoms with E-state index < -0.39 is 5.82 Å². The van der Waals surface area contributed by atoms with Gasteiger partial charge in [0.15, 0.2) is 0 Å². The molecule has 0 atom stereocenters. The van der Waals surface area contributed by atoms with Crippen LogP contribution in [-0.4, -0.2) is 0 Å². The minimum Gasteiger partial charge on any atom is -0.397 e. The lowest BCUT2D eigenvalue weighted by atomic mass is 10.2. The molecule has 0 unspecified atom stereocenters. The monoisotopic (exact) mass is 304 g/mol. The number of nitrogens with one attached hydrogen (secondary N) is 1. The van der Waals surface area contributed by atoms with Crippen molar-refractivity contribution in [3.05, 3.63) is 51.2 Å². The fraction of sp³-hybridized carbons (Fsp3) is 0. The lowest BCUT2D eigenvalue weighted by Crippen LogP contribution is -1.98. The molecule has 6 heteroatoms. The van der Waals surface area contributed by atoms with Gasteiger partial charge in [-0.15, -0.1) is 0 Å². The summed E-state index contributed by atoms with van der Waals surface area (Å²) in [7, 11) is 0. The van der Waals surface area contributed by atoms with Crippen molar-refractivity contribution < 1.29 is 4.39 Å². The average molecular weight is 306 g/mol. The Bertz CT molecular complexity index is 559. The first-order chi connectivity index (χ1) is 8.49. The van der Waals surface area contributed by atoms with E-state index in [0.29, 0.717) is 22.1 Å². The van der Waals surface area contributed by atoms with Crippen molar-refractivity contribution in [1.29, 1.82) is 0 Å². The van der Waals surface area contributed by atoms with Crippen molar-refractivity contribution in [2.24, 2.45) is 0 Å². The first-order valence-corrected chi connectivity index (χ1v) is 6.08. The highest BCUT2D eigenvalue weighted by Gasteiger charge is 2.12. The van der Waals surface area contributed by atoms with Gasteiger partial charge in [0.1, 0.15) is 5.82 Å². The summed E-state index contributed by atoms with van der Waals surface area (Å²) in [5, 5.41) is 3.64. The molecule has 0 aliphatic heterocycles. The molecule has 2 aromatic rings. The van der Waals surface area contributed by atoms with Gasteiger partial charge in [0, 0.05) is 0 Å². The zero-order valence-corrected chi connectivity index (χ0v) is 11.2. The van der Waals surface area contributed by atoms with Crippen molar-refractivity contribution in [2.45, 2.75) is 0 Å². The minimum absolute atomic E-state index is 0.152. The summed E-state index contributed by atoms with van der Waals surface area (Å²) >= 11 is 17.8. The summed E-state index contributed by atoms with van der Waals surface area (Å²) in [4.78, 5) is 0. The highest BCUT2D eigenvalue weighted by Crippen LogP contribution is 2.37. The van der Waals surface area contributed by atoms with Crippen molar-refractivity contribution in [3.63, 3.8) is 0 Å². The molecule has 0 heterocycles. The first-order valence-electron chi connectivity index (χ1n) is 4.94. The number of halogens is 4. The molecule has 2 aromatic carbocycles. The largest absolute Gasteiger partial charge is 0.397 e. The Labute approximate surface area is 118 Å². The summed E-state index contributed by atoms with van der Waals surface area (Å²) < 4.78 is 13.1. The summed E-state index contributed by atoms with van der Waals surface area (Å²) in [6.07, 6.45) is 0. The van der Waals surface area contributed by atoms with E-state index in [4.69, 9.17) is 40.5 Å². The molecular weight excluding hydrogens is 298 g/mol. The SMILES string of the molecule is Nc1cccc(Cl)c1Nc1c(Cl)cc(F)cc1Cl. The molecule has 0 fully saturated rings. The van der Waals surface area contributed by atoms with E-state index in [1.807, 2.05) is 0 Å². The highest BCUT2D eigenvalue weighted by molar-refractivity contribution is 6.40. The van der Waals surface area contributed by atoms with Gasteiger partial charge in [0.25, 0.3) is 0 Å². The molecular formula is C12H8Cl3FN2. The molecule has 0 spiro atoms. The second kappa shape index (κ2) is 5.22. The normalized spacial score (nSPS) is 10.4. The second-order valence-electron chi connectivity index (χ2n) is 3.57. The van der Waals surface area contributed by atoms with Crippen LogP contribution in [0, 0.1) is 5.82 Å². The molecule has 0 saturated carbocycles. The van der Waals surface area contributed by atoms with Gasteiger partial charge in [-0.3, -0.25) is 0 Å². The van der Waals surface area contributed by atoms with Crippen LogP contribution in [0.25, 0.3) is 0 Å². The molecule has 0 saturated heterocycles. The summed E-state index contributed by atoms with van der Waals surface area (Å²) in [6, 6.07) is 7.38. The van der Waals surface area contributed by atoms with E-state index >= 15 is 0 Å². The van der Waals surface area contributed by atoms with Crippen LogP contribution in [0.3, 0.4) is 0 Å². The van der Waals surface area contributed by atoms with Gasteiger partial charge in [-0.2, -0.15) is 0 Å². The average Bonchev–Trinajstić information content (AvgIpc) is 2.26. The first kappa shape index (κ1) is 13.3. The number of hydrogen-bond donors (Lipinski definition) is 2. The van der Waals surface area contributed by atoms with Crippen LogP contribution in [0.15, 0.2) is 30.3 Å². The molecule has 2 rings (SSSR count). The Morgan fingerprint density at radius 1 is 0.944 bits per heavy atom. The third kappa shape index (κ3) is 2.64. The van der Waals surface area contributed by atoms with E-state index in [2.05, 4.69) is 5.32 Å². The maximum absolute atomic E-state index is 13.1. The minimum atomic E-state index is -0.511. The van der Waals surface area contributed by atoms with E-state index in [-0.39, 0.29) is 10.0 Å². The molecule has 0 bridgehead atoms. The predicted octanol–water partition coefficient (Wildman–Crippen LogP) is 5.11. The fourth-order valence-corrected chi connectivity index (χ4v) is 2.24. The standard InChI is InChI=1S/C12H8Cl3FN2/c13-7-2-1-3-10(17)12(7)18-11-8(14)4-6(16)5-9(11)15/h1-5,18H,17H2. The van der Waals surface area contributed by atoms with Crippen molar-refractivity contribution in [2.75, 3.05) is 11.1 Å². The van der Waals surface area contributed by atoms with Gasteiger partial charge in [0.05, 0.1) is 32.1 Å². The van der Waals surface area contributed by atoms with Gasteiger partial charge >= 0.3 is 0 Å². The zero-order valence-electron chi connectivity index (χ0n) is 8.98. The van der Waals surface area contributed by atoms with Crippen molar-refractivity contribution >= 4 is 51.9 Å². The summed E-state index contributed by atoms with van der Waals surface area (Å²) in [5.74, 6) is -0.511. The number of nitrogens with two attached hydrogens (primary N) is 1. The molecule has 0 radical (unpaired) electrons. The molecule has 94 valence electrons. The van der Waals surface area contributed by atoms with Crippen LogP contribution in [0.5, 0.6) is 0 Å². The number of anilines is 3. The van der Waals surface area contributed by atoms with Gasteiger partial charge in [-0.05, 0) is 24.3 Å². The molecule has 3 N–H and O–H groups in total. The Balaban J connectivity index is 2.47. The maximum atomic E-state index is 13.1. The number of para-hydroxylation sites is 1. The summed E-state index contributed by atoms with van der Waals surface area (Å²) in [6.45, 7) is 0. The number of hydrogen-bond acceptors (Lipinski definition) is 2. The lowest BCUT2D eigenvalue weighted by molar-refractivity contribution is 0.628. The highest BCUT2D eigenvalue weighted by atomic mass is 35.5. The van der Waals surface area contributed by atoms with Crippen LogP contribution in [0.2, 0.25) is 15.1 Å². The zero-order chi connectivity index (χ0) is 13.3. The third-order valence-electron chi connectivity index (χ3n) is 2.30. The molecule has 2 nitrogen and oxygen atoms in total. The van der Waals surface area contributed by atoms with E-state index in [1.165, 1.54) is 0 Å². The maximum Gasteiger partial charge on any atom is 0.126 e.